The third kappa shape index (κ3) is 3.98. The van der Waals surface area contributed by atoms with Crippen LogP contribution in [0.1, 0.15) is 19.3 Å². The van der Waals surface area contributed by atoms with E-state index in [4.69, 9.17) is 5.11 Å². The monoisotopic (exact) mass is 276 g/mol. The quantitative estimate of drug-likeness (QED) is 0.821. The molecule has 1 saturated carbocycles. The fourth-order valence-electron chi connectivity index (χ4n) is 2.11. The van der Waals surface area contributed by atoms with Crippen LogP contribution in [-0.2, 0) is 9.59 Å². The number of aliphatic carboxylic acids is 1. The van der Waals surface area contributed by atoms with Crippen LogP contribution < -0.4 is 4.90 Å². The third-order valence-electron chi connectivity index (χ3n) is 3.53. The summed E-state index contributed by atoms with van der Waals surface area (Å²) in [5.41, 5.74) is 0.881. The van der Waals surface area contributed by atoms with Gasteiger partial charge < -0.3 is 14.9 Å². The second-order valence-corrected chi connectivity index (χ2v) is 5.14. The van der Waals surface area contributed by atoms with Gasteiger partial charge in [0.15, 0.2) is 0 Å². The number of carbonyl (C=O) groups is 2. The molecule has 1 N–H and O–H groups in total. The smallest absolute Gasteiger partial charge is 0.305 e. The number of carboxylic acids is 1. The highest BCUT2D eigenvalue weighted by Gasteiger charge is 2.30. The van der Waals surface area contributed by atoms with Crippen molar-refractivity contribution in [2.45, 2.75) is 25.3 Å². The van der Waals surface area contributed by atoms with Gasteiger partial charge in [0.05, 0.1) is 13.0 Å². The van der Waals surface area contributed by atoms with Gasteiger partial charge in [-0.25, -0.2) is 0 Å². The van der Waals surface area contributed by atoms with E-state index in [0.717, 1.165) is 18.5 Å². The molecule has 1 aliphatic rings. The van der Waals surface area contributed by atoms with Crippen molar-refractivity contribution in [2.75, 3.05) is 25.0 Å². The lowest BCUT2D eigenvalue weighted by atomic mass is 10.2. The maximum Gasteiger partial charge on any atom is 0.305 e. The average molecular weight is 276 g/mol. The minimum Gasteiger partial charge on any atom is -0.481 e. The van der Waals surface area contributed by atoms with E-state index >= 15 is 0 Å². The van der Waals surface area contributed by atoms with E-state index in [9.17, 15) is 9.59 Å². The molecule has 1 aromatic rings. The number of anilines is 1. The van der Waals surface area contributed by atoms with Crippen molar-refractivity contribution in [3.63, 3.8) is 0 Å². The van der Waals surface area contributed by atoms with Gasteiger partial charge in [0, 0.05) is 25.3 Å². The number of rotatable bonds is 7. The summed E-state index contributed by atoms with van der Waals surface area (Å²) >= 11 is 0. The molecule has 1 aliphatic carbocycles. The summed E-state index contributed by atoms with van der Waals surface area (Å²) in [5.74, 6) is -0.810. The van der Waals surface area contributed by atoms with E-state index in [1.807, 2.05) is 42.3 Å². The highest BCUT2D eigenvalue weighted by molar-refractivity contribution is 5.82. The normalized spacial score (nSPS) is 13.8. The van der Waals surface area contributed by atoms with E-state index in [2.05, 4.69) is 0 Å². The predicted octanol–water partition coefficient (Wildman–Crippen LogP) is 1.59. The summed E-state index contributed by atoms with van der Waals surface area (Å²) < 4.78 is 0. The zero-order valence-electron chi connectivity index (χ0n) is 11.7. The van der Waals surface area contributed by atoms with Crippen LogP contribution in [0.3, 0.4) is 0 Å². The van der Waals surface area contributed by atoms with Gasteiger partial charge in [-0.3, -0.25) is 9.59 Å². The average Bonchev–Trinajstić information content (AvgIpc) is 3.27. The van der Waals surface area contributed by atoms with Crippen LogP contribution in [0, 0.1) is 0 Å². The van der Waals surface area contributed by atoms with E-state index in [0.29, 0.717) is 12.6 Å². The van der Waals surface area contributed by atoms with Gasteiger partial charge in [0.25, 0.3) is 0 Å². The Kier molecular flexibility index (Phi) is 4.61. The number of likely N-dealkylation sites (N-methyl/N-ethyl adjacent to an activating group) is 1. The van der Waals surface area contributed by atoms with Gasteiger partial charge in [-0.1, -0.05) is 18.2 Å². The molecule has 20 heavy (non-hydrogen) atoms. The Hall–Kier alpha value is -2.04. The first-order valence-electron chi connectivity index (χ1n) is 6.85. The molecule has 0 unspecified atom stereocenters. The van der Waals surface area contributed by atoms with Crippen LogP contribution in [-0.4, -0.2) is 48.1 Å². The molecule has 0 heterocycles. The number of hydrogen-bond acceptors (Lipinski definition) is 3. The number of hydrogen-bond donors (Lipinski definition) is 1. The van der Waals surface area contributed by atoms with Gasteiger partial charge in [0.2, 0.25) is 5.91 Å². The van der Waals surface area contributed by atoms with E-state index in [1.165, 1.54) is 0 Å². The lowest BCUT2D eigenvalue weighted by Gasteiger charge is -2.26. The molecule has 0 bridgehead atoms. The zero-order valence-corrected chi connectivity index (χ0v) is 11.7. The van der Waals surface area contributed by atoms with Crippen molar-refractivity contribution in [3.8, 4) is 0 Å². The largest absolute Gasteiger partial charge is 0.481 e. The highest BCUT2D eigenvalue weighted by Crippen LogP contribution is 2.25. The molecule has 1 fully saturated rings. The van der Waals surface area contributed by atoms with Crippen LogP contribution in [0.5, 0.6) is 0 Å². The maximum absolute atomic E-state index is 12.2. The number of carboxylic acid groups (broad SMARTS) is 1. The Morgan fingerprint density at radius 2 is 1.90 bits per heavy atom. The highest BCUT2D eigenvalue weighted by atomic mass is 16.4. The molecule has 2 rings (SSSR count). The van der Waals surface area contributed by atoms with Gasteiger partial charge in [-0.2, -0.15) is 0 Å². The summed E-state index contributed by atoms with van der Waals surface area (Å²) in [4.78, 5) is 26.5. The molecule has 5 nitrogen and oxygen atoms in total. The third-order valence-corrected chi connectivity index (χ3v) is 3.53. The first-order chi connectivity index (χ1) is 9.58. The van der Waals surface area contributed by atoms with E-state index in [-0.39, 0.29) is 18.9 Å². The van der Waals surface area contributed by atoms with Gasteiger partial charge >= 0.3 is 5.97 Å². The number of para-hydroxylation sites is 1. The van der Waals surface area contributed by atoms with Crippen molar-refractivity contribution in [1.29, 1.82) is 0 Å². The zero-order chi connectivity index (χ0) is 14.5. The van der Waals surface area contributed by atoms with Crippen molar-refractivity contribution in [1.82, 2.24) is 4.90 Å². The molecular weight excluding hydrogens is 256 g/mol. The van der Waals surface area contributed by atoms with Crippen LogP contribution in [0.2, 0.25) is 0 Å². The van der Waals surface area contributed by atoms with E-state index < -0.39 is 5.97 Å². The SMILES string of the molecule is CN(C(=O)CN(CCC(=O)O)c1ccccc1)C1CC1. The molecule has 0 spiro atoms. The first-order valence-corrected chi connectivity index (χ1v) is 6.85. The fraction of sp³-hybridized carbons (Fsp3) is 0.467. The van der Waals surface area contributed by atoms with Crippen LogP contribution in [0.25, 0.3) is 0 Å². The second kappa shape index (κ2) is 6.41. The molecule has 0 saturated heterocycles. The van der Waals surface area contributed by atoms with Crippen molar-refractivity contribution in [2.24, 2.45) is 0 Å². The lowest BCUT2D eigenvalue weighted by Crippen LogP contribution is -2.40. The van der Waals surface area contributed by atoms with Crippen LogP contribution in [0.15, 0.2) is 30.3 Å². The number of carbonyl (C=O) groups excluding carboxylic acids is 1. The predicted molar refractivity (Wildman–Crippen MR) is 76.7 cm³/mol. The minimum absolute atomic E-state index is 0.0231. The fourth-order valence-corrected chi connectivity index (χ4v) is 2.11. The Balaban J connectivity index is 2.01. The Morgan fingerprint density at radius 3 is 2.45 bits per heavy atom. The Labute approximate surface area is 118 Å². The maximum atomic E-state index is 12.2. The van der Waals surface area contributed by atoms with Gasteiger partial charge in [0.1, 0.15) is 0 Å². The molecule has 0 aromatic heterocycles. The molecular formula is C15H20N2O3. The topological polar surface area (TPSA) is 60.9 Å². The molecule has 0 radical (unpaired) electrons. The van der Waals surface area contributed by atoms with Gasteiger partial charge in [-0.15, -0.1) is 0 Å². The molecule has 0 aliphatic heterocycles. The van der Waals surface area contributed by atoms with Crippen LogP contribution >= 0.6 is 0 Å². The Morgan fingerprint density at radius 1 is 1.25 bits per heavy atom. The Bertz CT molecular complexity index is 471. The molecule has 1 aromatic carbocycles. The molecule has 5 heteroatoms. The van der Waals surface area contributed by atoms with E-state index in [1.54, 1.807) is 4.90 Å². The summed E-state index contributed by atoms with van der Waals surface area (Å²) in [6.45, 7) is 0.563. The van der Waals surface area contributed by atoms with Crippen molar-refractivity contribution in [3.05, 3.63) is 30.3 Å². The lowest BCUT2D eigenvalue weighted by molar-refractivity contribution is -0.137. The van der Waals surface area contributed by atoms with Gasteiger partial charge in [-0.05, 0) is 25.0 Å². The minimum atomic E-state index is -0.853. The summed E-state index contributed by atoms with van der Waals surface area (Å²) in [6.07, 6.45) is 2.17. The molecule has 1 amide bonds. The molecule has 108 valence electrons. The number of amides is 1. The summed E-state index contributed by atoms with van der Waals surface area (Å²) in [6, 6.07) is 9.84. The summed E-state index contributed by atoms with van der Waals surface area (Å²) in [5, 5.41) is 8.83. The number of benzene rings is 1. The second-order valence-electron chi connectivity index (χ2n) is 5.14. The van der Waals surface area contributed by atoms with Crippen molar-refractivity contribution < 1.29 is 14.7 Å². The summed E-state index contributed by atoms with van der Waals surface area (Å²) in [7, 11) is 1.82. The molecule has 0 atom stereocenters. The first kappa shape index (κ1) is 14.4. The standard InChI is InChI=1S/C15H20N2O3/c1-16(12-7-8-12)14(18)11-17(10-9-15(19)20)13-5-3-2-4-6-13/h2-6,12H,7-11H2,1H3,(H,19,20). The van der Waals surface area contributed by atoms with Crippen LogP contribution in [0.4, 0.5) is 5.69 Å². The number of nitrogens with zero attached hydrogens (tertiary/aromatic N) is 2. The van der Waals surface area contributed by atoms with Crippen molar-refractivity contribution >= 4 is 17.6 Å².